The highest BCUT2D eigenvalue weighted by atomic mass is 32.2. The molecule has 1 heterocycles. The van der Waals surface area contributed by atoms with Crippen LogP contribution in [0.15, 0.2) is 0 Å². The van der Waals surface area contributed by atoms with Crippen LogP contribution in [0.1, 0.15) is 45.4 Å². The van der Waals surface area contributed by atoms with E-state index in [1.165, 1.54) is 17.1 Å². The van der Waals surface area contributed by atoms with E-state index in [2.05, 4.69) is 11.6 Å². The van der Waals surface area contributed by atoms with Crippen molar-refractivity contribution >= 4 is 10.2 Å². The molecule has 3 unspecified atom stereocenters. The van der Waals surface area contributed by atoms with Gasteiger partial charge < -0.3 is 5.11 Å². The van der Waals surface area contributed by atoms with Crippen LogP contribution in [-0.2, 0) is 10.2 Å². The Morgan fingerprint density at radius 3 is 2.65 bits per heavy atom. The van der Waals surface area contributed by atoms with Gasteiger partial charge >= 0.3 is 0 Å². The van der Waals surface area contributed by atoms with E-state index in [1.54, 1.807) is 0 Å². The summed E-state index contributed by atoms with van der Waals surface area (Å²) in [4.78, 5) is 0. The Bertz CT molecular complexity index is 399. The van der Waals surface area contributed by atoms with E-state index in [9.17, 15) is 13.5 Å². The van der Waals surface area contributed by atoms with E-state index in [4.69, 9.17) is 0 Å². The molecule has 5 nitrogen and oxygen atoms in total. The maximum Gasteiger partial charge on any atom is 0.279 e. The van der Waals surface area contributed by atoms with Crippen molar-refractivity contribution in [2.45, 2.75) is 45.4 Å². The van der Waals surface area contributed by atoms with Crippen molar-refractivity contribution in [3.8, 4) is 0 Å². The number of rotatable bonds is 5. The summed E-state index contributed by atoms with van der Waals surface area (Å²) >= 11 is 0. The molecule has 1 aliphatic heterocycles. The zero-order valence-electron chi connectivity index (χ0n) is 12.4. The largest absolute Gasteiger partial charge is 0.396 e. The lowest BCUT2D eigenvalue weighted by Gasteiger charge is -2.32. The van der Waals surface area contributed by atoms with Crippen LogP contribution < -0.4 is 4.72 Å². The SMILES string of the molecule is CC1CCCC(CNS(=O)(=O)N2CCCC(CO)C2)C1. The third-order valence-corrected chi connectivity index (χ3v) is 6.22. The fraction of sp³-hybridized carbons (Fsp3) is 1.00. The van der Waals surface area contributed by atoms with Gasteiger partial charge in [-0.15, -0.1) is 0 Å². The molecule has 6 heteroatoms. The van der Waals surface area contributed by atoms with Gasteiger partial charge in [0.05, 0.1) is 0 Å². The number of aliphatic hydroxyl groups excluding tert-OH is 1. The molecule has 2 N–H and O–H groups in total. The molecular weight excluding hydrogens is 276 g/mol. The summed E-state index contributed by atoms with van der Waals surface area (Å²) in [5, 5.41) is 9.20. The highest BCUT2D eigenvalue weighted by molar-refractivity contribution is 7.87. The van der Waals surface area contributed by atoms with Crippen molar-refractivity contribution in [3.05, 3.63) is 0 Å². The van der Waals surface area contributed by atoms with Gasteiger partial charge in [0.2, 0.25) is 0 Å². The van der Waals surface area contributed by atoms with Crippen LogP contribution in [-0.4, -0.2) is 44.1 Å². The van der Waals surface area contributed by atoms with Crippen molar-refractivity contribution in [3.63, 3.8) is 0 Å². The first kappa shape index (κ1) is 16.2. The number of hydrogen-bond donors (Lipinski definition) is 2. The Morgan fingerprint density at radius 1 is 1.20 bits per heavy atom. The minimum absolute atomic E-state index is 0.0756. The lowest BCUT2D eigenvalue weighted by molar-refractivity contribution is 0.164. The van der Waals surface area contributed by atoms with E-state index < -0.39 is 10.2 Å². The highest BCUT2D eigenvalue weighted by Gasteiger charge is 2.29. The Labute approximate surface area is 122 Å². The molecule has 118 valence electrons. The fourth-order valence-corrected chi connectivity index (χ4v) is 4.86. The summed E-state index contributed by atoms with van der Waals surface area (Å²) in [6.45, 7) is 3.91. The van der Waals surface area contributed by atoms with Gasteiger partial charge in [-0.25, -0.2) is 4.72 Å². The molecule has 2 fully saturated rings. The van der Waals surface area contributed by atoms with Crippen LogP contribution in [0.5, 0.6) is 0 Å². The van der Waals surface area contributed by atoms with E-state index in [0.717, 1.165) is 25.7 Å². The van der Waals surface area contributed by atoms with Crippen LogP contribution >= 0.6 is 0 Å². The van der Waals surface area contributed by atoms with Gasteiger partial charge in [-0.1, -0.05) is 19.8 Å². The molecule has 0 spiro atoms. The maximum absolute atomic E-state index is 12.3. The Morgan fingerprint density at radius 2 is 1.95 bits per heavy atom. The lowest BCUT2D eigenvalue weighted by atomic mass is 9.83. The van der Waals surface area contributed by atoms with Gasteiger partial charge in [-0.3, -0.25) is 0 Å². The third-order valence-electron chi connectivity index (χ3n) is 4.68. The molecule has 3 atom stereocenters. The molecule has 0 aromatic carbocycles. The second kappa shape index (κ2) is 7.20. The summed E-state index contributed by atoms with van der Waals surface area (Å²) in [6, 6.07) is 0. The molecule has 0 amide bonds. The minimum Gasteiger partial charge on any atom is -0.396 e. The molecular formula is C14H28N2O3S. The van der Waals surface area contributed by atoms with Crippen LogP contribution in [0.3, 0.4) is 0 Å². The molecule has 0 aromatic heterocycles. The van der Waals surface area contributed by atoms with E-state index in [0.29, 0.717) is 31.5 Å². The van der Waals surface area contributed by atoms with Crippen LogP contribution in [0, 0.1) is 17.8 Å². The Balaban J connectivity index is 1.84. The van der Waals surface area contributed by atoms with Crippen molar-refractivity contribution in [1.82, 2.24) is 9.03 Å². The summed E-state index contributed by atoms with van der Waals surface area (Å²) in [5.41, 5.74) is 0. The lowest BCUT2D eigenvalue weighted by Crippen LogP contribution is -2.47. The highest BCUT2D eigenvalue weighted by Crippen LogP contribution is 2.28. The molecule has 0 bridgehead atoms. The monoisotopic (exact) mass is 304 g/mol. The van der Waals surface area contributed by atoms with E-state index in [1.807, 2.05) is 0 Å². The predicted molar refractivity (Wildman–Crippen MR) is 79.4 cm³/mol. The topological polar surface area (TPSA) is 69.6 Å². The van der Waals surface area contributed by atoms with E-state index in [-0.39, 0.29) is 12.5 Å². The van der Waals surface area contributed by atoms with Crippen molar-refractivity contribution in [2.24, 2.45) is 17.8 Å². The second-order valence-electron chi connectivity index (χ2n) is 6.54. The summed E-state index contributed by atoms with van der Waals surface area (Å²) in [5.74, 6) is 1.29. The Hall–Kier alpha value is -0.170. The minimum atomic E-state index is -3.37. The van der Waals surface area contributed by atoms with Gasteiger partial charge in [0, 0.05) is 26.2 Å². The van der Waals surface area contributed by atoms with Crippen LogP contribution in [0.4, 0.5) is 0 Å². The molecule has 0 aromatic rings. The maximum atomic E-state index is 12.3. The second-order valence-corrected chi connectivity index (χ2v) is 8.30. The van der Waals surface area contributed by atoms with Gasteiger partial charge in [-0.2, -0.15) is 12.7 Å². The molecule has 1 saturated heterocycles. The smallest absolute Gasteiger partial charge is 0.279 e. The van der Waals surface area contributed by atoms with Gasteiger partial charge in [0.25, 0.3) is 10.2 Å². The Kier molecular flexibility index (Phi) is 5.84. The summed E-state index contributed by atoms with van der Waals surface area (Å²) in [7, 11) is -3.37. The molecule has 1 saturated carbocycles. The van der Waals surface area contributed by atoms with Crippen LogP contribution in [0.2, 0.25) is 0 Å². The first-order valence-corrected chi connectivity index (χ1v) is 9.31. The number of aliphatic hydroxyl groups is 1. The normalized spacial score (nSPS) is 33.2. The van der Waals surface area contributed by atoms with Crippen LogP contribution in [0.25, 0.3) is 0 Å². The fourth-order valence-electron chi connectivity index (χ4n) is 3.45. The number of piperidine rings is 1. The zero-order valence-corrected chi connectivity index (χ0v) is 13.2. The molecule has 0 radical (unpaired) electrons. The van der Waals surface area contributed by atoms with Gasteiger partial charge in [0.15, 0.2) is 0 Å². The molecule has 20 heavy (non-hydrogen) atoms. The number of nitrogens with zero attached hydrogens (tertiary/aromatic N) is 1. The van der Waals surface area contributed by atoms with Gasteiger partial charge in [-0.05, 0) is 43.4 Å². The average Bonchev–Trinajstić information content (AvgIpc) is 2.45. The van der Waals surface area contributed by atoms with E-state index >= 15 is 0 Å². The predicted octanol–water partition coefficient (Wildman–Crippen LogP) is 1.35. The first-order chi connectivity index (χ1) is 9.51. The van der Waals surface area contributed by atoms with Crippen molar-refractivity contribution in [2.75, 3.05) is 26.2 Å². The summed E-state index contributed by atoms with van der Waals surface area (Å²) in [6.07, 6.45) is 6.50. The molecule has 2 aliphatic rings. The summed E-state index contributed by atoms with van der Waals surface area (Å²) < 4.78 is 28.9. The number of nitrogens with one attached hydrogen (secondary N) is 1. The standard InChI is InChI=1S/C14H28N2O3S/c1-12-4-2-5-13(8-12)9-15-20(18,19)16-7-3-6-14(10-16)11-17/h12-15,17H,2-11H2,1H3. The number of hydrogen-bond acceptors (Lipinski definition) is 3. The average molecular weight is 304 g/mol. The zero-order chi connectivity index (χ0) is 14.6. The molecule has 2 rings (SSSR count). The molecule has 1 aliphatic carbocycles. The van der Waals surface area contributed by atoms with Gasteiger partial charge in [0.1, 0.15) is 0 Å². The quantitative estimate of drug-likeness (QED) is 0.805. The van der Waals surface area contributed by atoms with Crippen molar-refractivity contribution in [1.29, 1.82) is 0 Å². The van der Waals surface area contributed by atoms with Crippen molar-refractivity contribution < 1.29 is 13.5 Å². The first-order valence-electron chi connectivity index (χ1n) is 7.87. The third kappa shape index (κ3) is 4.41.